The average molecular weight is 250 g/mol. The van der Waals surface area contributed by atoms with Crippen LogP contribution in [0.25, 0.3) is 0 Å². The lowest BCUT2D eigenvalue weighted by Crippen LogP contribution is -2.11. The lowest BCUT2D eigenvalue weighted by Gasteiger charge is -2.02. The van der Waals surface area contributed by atoms with Crippen LogP contribution in [-0.2, 0) is 13.1 Å². The van der Waals surface area contributed by atoms with Crippen LogP contribution in [0.15, 0.2) is 28.7 Å². The lowest BCUT2D eigenvalue weighted by atomic mass is 10.2. The van der Waals surface area contributed by atoms with Crippen molar-refractivity contribution in [1.29, 1.82) is 0 Å². The Morgan fingerprint density at radius 2 is 2.06 bits per heavy atom. The number of anilines is 1. The fourth-order valence-corrected chi connectivity index (χ4v) is 1.44. The van der Waals surface area contributed by atoms with Crippen LogP contribution in [0.5, 0.6) is 0 Å². The standard InChI is InChI=1S/C12H15FN4O/c1-2-14-8-11-16-17-12(18-11)15-7-9-5-3-4-6-10(9)13/h3-6,14H,2,7-8H2,1H3,(H,15,17). The van der Waals surface area contributed by atoms with Gasteiger partial charge in [-0.1, -0.05) is 30.2 Å². The highest BCUT2D eigenvalue weighted by atomic mass is 19.1. The van der Waals surface area contributed by atoms with Crippen LogP contribution in [0, 0.1) is 5.82 Å². The Balaban J connectivity index is 1.90. The SMILES string of the molecule is CCNCc1nnc(NCc2ccccc2F)o1. The molecular formula is C12H15FN4O. The molecule has 0 saturated carbocycles. The van der Waals surface area contributed by atoms with Gasteiger partial charge in [-0.25, -0.2) is 4.39 Å². The second kappa shape index (κ2) is 6.11. The number of hydrogen-bond donors (Lipinski definition) is 2. The maximum atomic E-state index is 13.3. The zero-order valence-electron chi connectivity index (χ0n) is 10.1. The van der Waals surface area contributed by atoms with Gasteiger partial charge in [-0.3, -0.25) is 0 Å². The van der Waals surface area contributed by atoms with Crippen molar-refractivity contribution in [3.05, 3.63) is 41.5 Å². The molecule has 1 heterocycles. The van der Waals surface area contributed by atoms with Gasteiger partial charge in [0.2, 0.25) is 5.89 Å². The van der Waals surface area contributed by atoms with Crippen molar-refractivity contribution in [2.75, 3.05) is 11.9 Å². The molecule has 18 heavy (non-hydrogen) atoms. The molecule has 2 N–H and O–H groups in total. The Hall–Kier alpha value is -1.95. The molecule has 2 rings (SSSR count). The summed E-state index contributed by atoms with van der Waals surface area (Å²) in [5, 5.41) is 13.6. The quantitative estimate of drug-likeness (QED) is 0.820. The Morgan fingerprint density at radius 1 is 1.22 bits per heavy atom. The normalized spacial score (nSPS) is 10.6. The molecule has 5 nitrogen and oxygen atoms in total. The first-order valence-corrected chi connectivity index (χ1v) is 5.80. The molecular weight excluding hydrogens is 235 g/mol. The third-order valence-electron chi connectivity index (χ3n) is 2.38. The van der Waals surface area contributed by atoms with Gasteiger partial charge < -0.3 is 15.1 Å². The highest BCUT2D eigenvalue weighted by Crippen LogP contribution is 2.10. The molecule has 0 saturated heterocycles. The van der Waals surface area contributed by atoms with Crippen molar-refractivity contribution in [3.8, 4) is 0 Å². The minimum Gasteiger partial charge on any atom is -0.407 e. The van der Waals surface area contributed by atoms with Gasteiger partial charge in [-0.2, -0.15) is 0 Å². The molecule has 0 fully saturated rings. The minimum atomic E-state index is -0.252. The van der Waals surface area contributed by atoms with Gasteiger partial charge in [-0.15, -0.1) is 5.10 Å². The number of halogens is 1. The predicted octanol–water partition coefficient (Wildman–Crippen LogP) is 1.93. The van der Waals surface area contributed by atoms with E-state index in [1.165, 1.54) is 6.07 Å². The fraction of sp³-hybridized carbons (Fsp3) is 0.333. The summed E-state index contributed by atoms with van der Waals surface area (Å²) in [5.74, 6) is 0.255. The van der Waals surface area contributed by atoms with E-state index in [-0.39, 0.29) is 5.82 Å². The number of nitrogens with one attached hydrogen (secondary N) is 2. The highest BCUT2D eigenvalue weighted by Gasteiger charge is 2.06. The van der Waals surface area contributed by atoms with E-state index in [1.807, 2.05) is 6.92 Å². The summed E-state index contributed by atoms with van der Waals surface area (Å²) in [6.45, 7) is 3.68. The van der Waals surface area contributed by atoms with Crippen LogP contribution >= 0.6 is 0 Å². The van der Waals surface area contributed by atoms with Crippen LogP contribution in [-0.4, -0.2) is 16.7 Å². The molecule has 1 aromatic heterocycles. The zero-order valence-corrected chi connectivity index (χ0v) is 10.1. The summed E-state index contributed by atoms with van der Waals surface area (Å²) in [6, 6.07) is 6.86. The van der Waals surface area contributed by atoms with Crippen LogP contribution in [0.3, 0.4) is 0 Å². The second-order valence-electron chi connectivity index (χ2n) is 3.73. The maximum Gasteiger partial charge on any atom is 0.315 e. The summed E-state index contributed by atoms with van der Waals surface area (Å²) < 4.78 is 18.7. The molecule has 2 aromatic rings. The van der Waals surface area contributed by atoms with Crippen molar-refractivity contribution in [2.24, 2.45) is 0 Å². The van der Waals surface area contributed by atoms with Gasteiger partial charge in [0, 0.05) is 12.1 Å². The second-order valence-corrected chi connectivity index (χ2v) is 3.73. The summed E-state index contributed by atoms with van der Waals surface area (Å²) in [4.78, 5) is 0. The topological polar surface area (TPSA) is 63.0 Å². The third-order valence-corrected chi connectivity index (χ3v) is 2.38. The van der Waals surface area contributed by atoms with E-state index < -0.39 is 0 Å². The van der Waals surface area contributed by atoms with Crippen molar-refractivity contribution >= 4 is 6.01 Å². The van der Waals surface area contributed by atoms with Crippen LogP contribution < -0.4 is 10.6 Å². The first kappa shape index (κ1) is 12.5. The Labute approximate surface area is 104 Å². The molecule has 0 unspecified atom stereocenters. The number of hydrogen-bond acceptors (Lipinski definition) is 5. The Morgan fingerprint density at radius 3 is 2.83 bits per heavy atom. The van der Waals surface area contributed by atoms with E-state index in [2.05, 4.69) is 20.8 Å². The average Bonchev–Trinajstić information content (AvgIpc) is 2.83. The largest absolute Gasteiger partial charge is 0.407 e. The number of rotatable bonds is 6. The lowest BCUT2D eigenvalue weighted by molar-refractivity contribution is 0.481. The summed E-state index contributed by atoms with van der Waals surface area (Å²) in [7, 11) is 0. The van der Waals surface area contributed by atoms with E-state index in [1.54, 1.807) is 18.2 Å². The minimum absolute atomic E-state index is 0.252. The molecule has 0 bridgehead atoms. The van der Waals surface area contributed by atoms with Crippen LogP contribution in [0.2, 0.25) is 0 Å². The van der Waals surface area contributed by atoms with Crippen molar-refractivity contribution in [3.63, 3.8) is 0 Å². The van der Waals surface area contributed by atoms with Gasteiger partial charge >= 0.3 is 6.01 Å². The van der Waals surface area contributed by atoms with Gasteiger partial charge in [0.15, 0.2) is 0 Å². The first-order chi connectivity index (χ1) is 8.79. The van der Waals surface area contributed by atoms with Gasteiger partial charge in [0.05, 0.1) is 6.54 Å². The molecule has 96 valence electrons. The van der Waals surface area contributed by atoms with Gasteiger partial charge in [0.25, 0.3) is 0 Å². The smallest absolute Gasteiger partial charge is 0.315 e. The molecule has 6 heteroatoms. The van der Waals surface area contributed by atoms with Crippen molar-refractivity contribution in [2.45, 2.75) is 20.0 Å². The molecule has 0 amide bonds. The maximum absolute atomic E-state index is 13.3. The molecule has 0 aliphatic carbocycles. The number of aromatic nitrogens is 2. The predicted molar refractivity (Wildman–Crippen MR) is 65.4 cm³/mol. The first-order valence-electron chi connectivity index (χ1n) is 5.80. The third kappa shape index (κ3) is 3.27. The molecule has 0 spiro atoms. The molecule has 0 radical (unpaired) electrons. The van der Waals surface area contributed by atoms with E-state index >= 15 is 0 Å². The van der Waals surface area contributed by atoms with E-state index in [9.17, 15) is 4.39 Å². The van der Waals surface area contributed by atoms with E-state index in [0.29, 0.717) is 30.6 Å². The molecule has 0 atom stereocenters. The Kier molecular flexibility index (Phi) is 4.25. The Bertz CT molecular complexity index is 500. The molecule has 1 aromatic carbocycles. The van der Waals surface area contributed by atoms with Crippen LogP contribution in [0.4, 0.5) is 10.4 Å². The van der Waals surface area contributed by atoms with Gasteiger partial charge in [0.1, 0.15) is 5.82 Å². The summed E-state index contributed by atoms with van der Waals surface area (Å²) in [6.07, 6.45) is 0. The number of benzene rings is 1. The van der Waals surface area contributed by atoms with E-state index in [0.717, 1.165) is 6.54 Å². The molecule has 0 aliphatic rings. The zero-order chi connectivity index (χ0) is 12.8. The van der Waals surface area contributed by atoms with Crippen molar-refractivity contribution in [1.82, 2.24) is 15.5 Å². The summed E-state index contributed by atoms with van der Waals surface area (Å²) >= 11 is 0. The molecule has 0 aliphatic heterocycles. The highest BCUT2D eigenvalue weighted by molar-refractivity contribution is 5.24. The van der Waals surface area contributed by atoms with Gasteiger partial charge in [-0.05, 0) is 12.6 Å². The fourth-order valence-electron chi connectivity index (χ4n) is 1.44. The monoisotopic (exact) mass is 250 g/mol. The van der Waals surface area contributed by atoms with Crippen LogP contribution in [0.1, 0.15) is 18.4 Å². The summed E-state index contributed by atoms with van der Waals surface area (Å²) in [5.41, 5.74) is 0.559. The van der Waals surface area contributed by atoms with E-state index in [4.69, 9.17) is 4.42 Å². The number of nitrogens with zero attached hydrogens (tertiary/aromatic N) is 2. The van der Waals surface area contributed by atoms with Crippen molar-refractivity contribution < 1.29 is 8.81 Å².